The van der Waals surface area contributed by atoms with E-state index in [0.29, 0.717) is 5.92 Å². The van der Waals surface area contributed by atoms with Crippen LogP contribution in [0, 0.1) is 13.8 Å². The number of fused-ring (bicyclic) bond motifs is 1. The Labute approximate surface area is 148 Å². The van der Waals surface area contributed by atoms with E-state index in [4.69, 9.17) is 0 Å². The van der Waals surface area contributed by atoms with Gasteiger partial charge in [-0.3, -0.25) is 14.1 Å². The predicted octanol–water partition coefficient (Wildman–Crippen LogP) is 4.39. The third kappa shape index (κ3) is 2.70. The summed E-state index contributed by atoms with van der Waals surface area (Å²) in [4.78, 5) is 17.4. The van der Waals surface area contributed by atoms with Gasteiger partial charge >= 0.3 is 5.69 Å². The molecule has 0 radical (unpaired) electrons. The number of nitrogens with zero attached hydrogens (tertiary/aromatic N) is 3. The lowest BCUT2D eigenvalue weighted by Gasteiger charge is -2.22. The fourth-order valence-electron chi connectivity index (χ4n) is 4.19. The first-order valence-corrected chi connectivity index (χ1v) is 9.22. The van der Waals surface area contributed by atoms with Crippen molar-refractivity contribution in [1.29, 1.82) is 0 Å². The highest BCUT2D eigenvalue weighted by Gasteiger charge is 2.19. The number of aromatic nitrogens is 3. The first kappa shape index (κ1) is 16.1. The molecule has 2 heterocycles. The molecular weight excluding hydrogens is 310 g/mol. The van der Waals surface area contributed by atoms with Crippen molar-refractivity contribution in [3.05, 3.63) is 57.8 Å². The second kappa shape index (κ2) is 6.17. The lowest BCUT2D eigenvalue weighted by Crippen LogP contribution is -2.21. The quantitative estimate of drug-likeness (QED) is 0.697. The second-order valence-electron chi connectivity index (χ2n) is 7.32. The average Bonchev–Trinajstić information content (AvgIpc) is 2.87. The third-order valence-electron chi connectivity index (χ3n) is 5.59. The van der Waals surface area contributed by atoms with Crippen LogP contribution in [-0.2, 0) is 7.05 Å². The van der Waals surface area contributed by atoms with Gasteiger partial charge in [-0.2, -0.15) is 0 Å². The van der Waals surface area contributed by atoms with E-state index < -0.39 is 0 Å². The van der Waals surface area contributed by atoms with Crippen molar-refractivity contribution in [2.75, 3.05) is 0 Å². The Bertz CT molecular complexity index is 990. The van der Waals surface area contributed by atoms with E-state index in [2.05, 4.69) is 23.2 Å². The minimum absolute atomic E-state index is 0.00968. The molecule has 0 unspecified atom stereocenters. The molecule has 0 bridgehead atoms. The van der Waals surface area contributed by atoms with Crippen molar-refractivity contribution in [3.8, 4) is 5.69 Å². The Morgan fingerprint density at radius 3 is 2.48 bits per heavy atom. The van der Waals surface area contributed by atoms with E-state index in [1.54, 1.807) is 9.13 Å². The van der Waals surface area contributed by atoms with Gasteiger partial charge in [-0.25, -0.2) is 4.79 Å². The molecule has 4 nitrogen and oxygen atoms in total. The number of benzene rings is 1. The number of rotatable bonds is 2. The van der Waals surface area contributed by atoms with Crippen LogP contribution in [0.4, 0.5) is 0 Å². The molecule has 1 aromatic carbocycles. The predicted molar refractivity (Wildman–Crippen MR) is 102 cm³/mol. The van der Waals surface area contributed by atoms with Crippen molar-refractivity contribution in [1.82, 2.24) is 14.1 Å². The summed E-state index contributed by atoms with van der Waals surface area (Å²) in [5.41, 5.74) is 6.05. The topological polar surface area (TPSA) is 39.8 Å². The van der Waals surface area contributed by atoms with Crippen molar-refractivity contribution in [2.45, 2.75) is 51.9 Å². The van der Waals surface area contributed by atoms with E-state index >= 15 is 0 Å². The number of hydrogen-bond acceptors (Lipinski definition) is 2. The second-order valence-corrected chi connectivity index (χ2v) is 7.32. The summed E-state index contributed by atoms with van der Waals surface area (Å²) in [7, 11) is 1.86. The summed E-state index contributed by atoms with van der Waals surface area (Å²) in [6.45, 7) is 3.93. The third-order valence-corrected chi connectivity index (χ3v) is 5.59. The van der Waals surface area contributed by atoms with Gasteiger partial charge in [0.05, 0.1) is 22.4 Å². The van der Waals surface area contributed by atoms with E-state index in [-0.39, 0.29) is 5.69 Å². The number of pyridine rings is 1. The highest BCUT2D eigenvalue weighted by Crippen LogP contribution is 2.34. The first-order chi connectivity index (χ1) is 12.1. The van der Waals surface area contributed by atoms with Crippen LogP contribution in [0.1, 0.15) is 55.0 Å². The smallest absolute Gasteiger partial charge is 0.295 e. The largest absolute Gasteiger partial charge is 0.333 e. The van der Waals surface area contributed by atoms with Crippen LogP contribution in [0.25, 0.3) is 16.7 Å². The van der Waals surface area contributed by atoms with Gasteiger partial charge in [-0.15, -0.1) is 0 Å². The molecule has 0 N–H and O–H groups in total. The van der Waals surface area contributed by atoms with Gasteiger partial charge in [0.25, 0.3) is 0 Å². The van der Waals surface area contributed by atoms with Crippen molar-refractivity contribution in [2.24, 2.45) is 7.05 Å². The molecule has 1 aliphatic rings. The Hall–Kier alpha value is -2.36. The van der Waals surface area contributed by atoms with Crippen LogP contribution in [0.15, 0.2) is 35.1 Å². The SMILES string of the molecule is Cc1ccc(-n2c(=O)n(C)c3cc(C4CCCCC4)ccc32)c(C)n1. The normalized spacial score (nSPS) is 15.8. The first-order valence-electron chi connectivity index (χ1n) is 9.22. The van der Waals surface area contributed by atoms with Crippen molar-refractivity contribution in [3.63, 3.8) is 0 Å². The standard InChI is InChI=1S/C21H25N3O/c1-14-9-11-18(15(2)22-14)24-19-12-10-17(16-7-5-4-6-8-16)13-20(19)23(3)21(24)25/h9-13,16H,4-8H2,1-3H3. The molecule has 1 fully saturated rings. The lowest BCUT2D eigenvalue weighted by atomic mass is 9.84. The van der Waals surface area contributed by atoms with Crippen LogP contribution < -0.4 is 5.69 Å². The van der Waals surface area contributed by atoms with Crippen LogP contribution in [-0.4, -0.2) is 14.1 Å². The van der Waals surface area contributed by atoms with E-state index in [1.165, 1.54) is 37.7 Å². The van der Waals surface area contributed by atoms with E-state index in [1.807, 2.05) is 33.0 Å². The van der Waals surface area contributed by atoms with Crippen LogP contribution in [0.2, 0.25) is 0 Å². The molecule has 0 spiro atoms. The van der Waals surface area contributed by atoms with Crippen LogP contribution >= 0.6 is 0 Å². The Morgan fingerprint density at radius 2 is 1.76 bits per heavy atom. The molecule has 2 aromatic heterocycles. The molecule has 130 valence electrons. The maximum atomic E-state index is 12.9. The van der Waals surface area contributed by atoms with Crippen LogP contribution in [0.3, 0.4) is 0 Å². The molecule has 4 heteroatoms. The van der Waals surface area contributed by atoms with Gasteiger partial charge in [0.15, 0.2) is 0 Å². The fraction of sp³-hybridized carbons (Fsp3) is 0.429. The fourth-order valence-corrected chi connectivity index (χ4v) is 4.19. The molecular formula is C21H25N3O. The average molecular weight is 335 g/mol. The number of hydrogen-bond donors (Lipinski definition) is 0. The molecule has 25 heavy (non-hydrogen) atoms. The molecule has 3 aromatic rings. The summed E-state index contributed by atoms with van der Waals surface area (Å²) >= 11 is 0. The summed E-state index contributed by atoms with van der Waals surface area (Å²) in [6.07, 6.45) is 6.52. The molecule has 1 saturated carbocycles. The maximum absolute atomic E-state index is 12.9. The molecule has 4 rings (SSSR count). The van der Waals surface area contributed by atoms with Gasteiger partial charge < -0.3 is 0 Å². The van der Waals surface area contributed by atoms with Gasteiger partial charge in [0.1, 0.15) is 0 Å². The van der Waals surface area contributed by atoms with Crippen molar-refractivity contribution < 1.29 is 0 Å². The Balaban J connectivity index is 1.89. The zero-order valence-electron chi connectivity index (χ0n) is 15.2. The Morgan fingerprint density at radius 1 is 1.00 bits per heavy atom. The molecule has 0 amide bonds. The zero-order chi connectivity index (χ0) is 17.6. The molecule has 0 atom stereocenters. The maximum Gasteiger partial charge on any atom is 0.333 e. The number of aryl methyl sites for hydroxylation is 3. The van der Waals surface area contributed by atoms with Gasteiger partial charge in [-0.05, 0) is 62.4 Å². The molecule has 0 aliphatic heterocycles. The minimum Gasteiger partial charge on any atom is -0.295 e. The number of imidazole rings is 1. The zero-order valence-corrected chi connectivity index (χ0v) is 15.2. The van der Waals surface area contributed by atoms with Crippen molar-refractivity contribution >= 4 is 11.0 Å². The summed E-state index contributed by atoms with van der Waals surface area (Å²) in [5.74, 6) is 0.638. The lowest BCUT2D eigenvalue weighted by molar-refractivity contribution is 0.444. The molecule has 1 aliphatic carbocycles. The molecule has 0 saturated heterocycles. The van der Waals surface area contributed by atoms with Gasteiger partial charge in [0.2, 0.25) is 0 Å². The van der Waals surface area contributed by atoms with Gasteiger partial charge in [0, 0.05) is 12.7 Å². The van der Waals surface area contributed by atoms with Crippen LogP contribution in [0.5, 0.6) is 0 Å². The summed E-state index contributed by atoms with van der Waals surface area (Å²) in [6, 6.07) is 10.5. The minimum atomic E-state index is -0.00968. The Kier molecular flexibility index (Phi) is 3.98. The summed E-state index contributed by atoms with van der Waals surface area (Å²) < 4.78 is 3.56. The van der Waals surface area contributed by atoms with E-state index in [0.717, 1.165) is 28.1 Å². The van der Waals surface area contributed by atoms with Gasteiger partial charge in [-0.1, -0.05) is 25.3 Å². The highest BCUT2D eigenvalue weighted by atomic mass is 16.1. The highest BCUT2D eigenvalue weighted by molar-refractivity contribution is 5.79. The summed E-state index contributed by atoms with van der Waals surface area (Å²) in [5, 5.41) is 0. The monoisotopic (exact) mass is 335 g/mol. The van der Waals surface area contributed by atoms with E-state index in [9.17, 15) is 4.79 Å².